The van der Waals surface area contributed by atoms with Crippen LogP contribution in [0.25, 0.3) is 0 Å². The highest BCUT2D eigenvalue weighted by Crippen LogP contribution is 2.37. The normalized spacial score (nSPS) is 12.3. The van der Waals surface area contributed by atoms with Crippen molar-refractivity contribution in [3.05, 3.63) is 53.1 Å². The van der Waals surface area contributed by atoms with Crippen LogP contribution in [0.5, 0.6) is 17.2 Å². The monoisotopic (exact) mass is 273 g/mol. The molecule has 4 nitrogen and oxygen atoms in total. The van der Waals surface area contributed by atoms with Gasteiger partial charge in [-0.25, -0.2) is 0 Å². The summed E-state index contributed by atoms with van der Waals surface area (Å²) in [5, 5.41) is 31.8. The van der Waals surface area contributed by atoms with Crippen molar-refractivity contribution in [2.24, 2.45) is 0 Å². The van der Waals surface area contributed by atoms with Crippen molar-refractivity contribution in [3.63, 3.8) is 0 Å². The summed E-state index contributed by atoms with van der Waals surface area (Å²) in [5.41, 5.74) is 2.93. The molecule has 4 N–H and O–H groups in total. The van der Waals surface area contributed by atoms with Crippen LogP contribution in [0.1, 0.15) is 29.7 Å². The summed E-state index contributed by atoms with van der Waals surface area (Å²) < 4.78 is 0. The maximum absolute atomic E-state index is 9.77. The maximum Gasteiger partial charge on any atom is 0.200 e. The van der Waals surface area contributed by atoms with Gasteiger partial charge in [0.15, 0.2) is 11.5 Å². The Balaban J connectivity index is 2.10. The van der Waals surface area contributed by atoms with Gasteiger partial charge in [-0.3, -0.25) is 0 Å². The minimum absolute atomic E-state index is 0.117. The van der Waals surface area contributed by atoms with Gasteiger partial charge >= 0.3 is 0 Å². The number of aromatic hydroxyl groups is 3. The molecule has 20 heavy (non-hydrogen) atoms. The lowest BCUT2D eigenvalue weighted by Gasteiger charge is -2.17. The first-order chi connectivity index (χ1) is 9.50. The summed E-state index contributed by atoms with van der Waals surface area (Å²) >= 11 is 0. The molecule has 0 amide bonds. The highest BCUT2D eigenvalue weighted by Gasteiger charge is 2.12. The standard InChI is InChI=1S/C16H19NO3/c1-10-5-3-4-6-13(10)11(2)17-9-12-7-8-14(18)16(20)15(12)19/h3-8,11,17-20H,9H2,1-2H3/t11-/m1/s1. The lowest BCUT2D eigenvalue weighted by atomic mass is 10.0. The van der Waals surface area contributed by atoms with Gasteiger partial charge in [0.2, 0.25) is 5.75 Å². The van der Waals surface area contributed by atoms with Crippen LogP contribution in [0.2, 0.25) is 0 Å². The van der Waals surface area contributed by atoms with Gasteiger partial charge < -0.3 is 20.6 Å². The van der Waals surface area contributed by atoms with E-state index < -0.39 is 5.75 Å². The molecule has 4 heteroatoms. The zero-order chi connectivity index (χ0) is 14.7. The van der Waals surface area contributed by atoms with E-state index in [-0.39, 0.29) is 17.5 Å². The fraction of sp³-hybridized carbons (Fsp3) is 0.250. The van der Waals surface area contributed by atoms with Crippen molar-refractivity contribution in [1.29, 1.82) is 0 Å². The van der Waals surface area contributed by atoms with Gasteiger partial charge in [-0.15, -0.1) is 0 Å². The van der Waals surface area contributed by atoms with Crippen LogP contribution < -0.4 is 5.32 Å². The van der Waals surface area contributed by atoms with Crippen LogP contribution in [-0.4, -0.2) is 15.3 Å². The van der Waals surface area contributed by atoms with Crippen LogP contribution in [0, 0.1) is 6.92 Å². The second kappa shape index (κ2) is 5.84. The van der Waals surface area contributed by atoms with Crippen LogP contribution >= 0.6 is 0 Å². The summed E-state index contributed by atoms with van der Waals surface area (Å²) in [5.74, 6) is -1.08. The minimum atomic E-state index is -0.479. The molecule has 0 aliphatic heterocycles. The summed E-state index contributed by atoms with van der Waals surface area (Å²) in [6, 6.07) is 11.2. The molecule has 0 unspecified atom stereocenters. The molecular weight excluding hydrogens is 254 g/mol. The molecule has 0 aliphatic carbocycles. The number of rotatable bonds is 4. The molecule has 106 valence electrons. The van der Waals surface area contributed by atoms with Crippen LogP contribution in [0.15, 0.2) is 36.4 Å². The molecule has 0 spiro atoms. The van der Waals surface area contributed by atoms with Crippen molar-refractivity contribution in [3.8, 4) is 17.2 Å². The van der Waals surface area contributed by atoms with E-state index in [1.54, 1.807) is 6.07 Å². The summed E-state index contributed by atoms with van der Waals surface area (Å²) in [6.07, 6.45) is 0. The molecule has 2 aromatic rings. The molecule has 0 bridgehead atoms. The molecule has 0 aromatic heterocycles. The second-order valence-electron chi connectivity index (χ2n) is 4.90. The number of hydrogen-bond acceptors (Lipinski definition) is 4. The zero-order valence-corrected chi connectivity index (χ0v) is 11.6. The summed E-state index contributed by atoms with van der Waals surface area (Å²) in [6.45, 7) is 4.49. The summed E-state index contributed by atoms with van der Waals surface area (Å²) in [4.78, 5) is 0. The molecule has 1 atom stereocenters. The van der Waals surface area contributed by atoms with Crippen molar-refractivity contribution < 1.29 is 15.3 Å². The average molecular weight is 273 g/mol. The highest BCUT2D eigenvalue weighted by molar-refractivity contribution is 5.53. The Morgan fingerprint density at radius 2 is 1.70 bits per heavy atom. The first-order valence-electron chi connectivity index (χ1n) is 6.52. The highest BCUT2D eigenvalue weighted by atomic mass is 16.3. The lowest BCUT2D eigenvalue weighted by Crippen LogP contribution is -2.18. The zero-order valence-electron chi connectivity index (χ0n) is 11.6. The Kier molecular flexibility index (Phi) is 4.15. The third-order valence-electron chi connectivity index (χ3n) is 3.47. The lowest BCUT2D eigenvalue weighted by molar-refractivity contribution is 0.363. The molecule has 0 heterocycles. The molecule has 2 rings (SSSR count). The van der Waals surface area contributed by atoms with Crippen molar-refractivity contribution >= 4 is 0 Å². The molecule has 2 aromatic carbocycles. The van der Waals surface area contributed by atoms with Gasteiger partial charge in [-0.2, -0.15) is 0 Å². The first kappa shape index (κ1) is 14.2. The van der Waals surface area contributed by atoms with Crippen molar-refractivity contribution in [1.82, 2.24) is 5.32 Å². The predicted octanol–water partition coefficient (Wildman–Crippen LogP) is 2.96. The quantitative estimate of drug-likeness (QED) is 0.646. The van der Waals surface area contributed by atoms with Gasteiger partial charge in [-0.05, 0) is 31.0 Å². The Labute approximate surface area is 118 Å². The molecule has 0 saturated heterocycles. The average Bonchev–Trinajstić information content (AvgIpc) is 2.44. The fourth-order valence-corrected chi connectivity index (χ4v) is 2.20. The first-order valence-corrected chi connectivity index (χ1v) is 6.52. The van der Waals surface area contributed by atoms with E-state index >= 15 is 0 Å². The molecule has 0 aliphatic rings. The van der Waals surface area contributed by atoms with Crippen LogP contribution in [0.4, 0.5) is 0 Å². The number of aryl methyl sites for hydroxylation is 1. The van der Waals surface area contributed by atoms with E-state index in [2.05, 4.69) is 24.4 Å². The number of phenols is 3. The molecule has 0 radical (unpaired) electrons. The van der Waals surface area contributed by atoms with E-state index in [4.69, 9.17) is 0 Å². The third kappa shape index (κ3) is 2.86. The van der Waals surface area contributed by atoms with E-state index in [0.717, 1.165) is 0 Å². The van der Waals surface area contributed by atoms with E-state index in [1.807, 2.05) is 19.1 Å². The van der Waals surface area contributed by atoms with Crippen LogP contribution in [-0.2, 0) is 6.54 Å². The van der Waals surface area contributed by atoms with Gasteiger partial charge in [0.1, 0.15) is 0 Å². The molecular formula is C16H19NO3. The van der Waals surface area contributed by atoms with E-state index in [1.165, 1.54) is 17.2 Å². The van der Waals surface area contributed by atoms with E-state index in [0.29, 0.717) is 12.1 Å². The van der Waals surface area contributed by atoms with Crippen LogP contribution in [0.3, 0.4) is 0 Å². The van der Waals surface area contributed by atoms with Crippen molar-refractivity contribution in [2.45, 2.75) is 26.4 Å². The fourth-order valence-electron chi connectivity index (χ4n) is 2.20. The molecule has 0 fully saturated rings. The number of benzene rings is 2. The minimum Gasteiger partial charge on any atom is -0.504 e. The topological polar surface area (TPSA) is 72.7 Å². The Morgan fingerprint density at radius 3 is 2.40 bits per heavy atom. The maximum atomic E-state index is 9.77. The molecule has 0 saturated carbocycles. The Hall–Kier alpha value is -2.20. The van der Waals surface area contributed by atoms with Gasteiger partial charge in [0.05, 0.1) is 0 Å². The second-order valence-corrected chi connectivity index (χ2v) is 4.90. The van der Waals surface area contributed by atoms with Gasteiger partial charge in [0, 0.05) is 18.2 Å². The Bertz CT molecular complexity index is 611. The largest absolute Gasteiger partial charge is 0.504 e. The number of phenolic OH excluding ortho intramolecular Hbond substituents is 3. The summed E-state index contributed by atoms with van der Waals surface area (Å²) in [7, 11) is 0. The number of hydrogen-bond donors (Lipinski definition) is 4. The van der Waals surface area contributed by atoms with E-state index in [9.17, 15) is 15.3 Å². The SMILES string of the molecule is Cc1ccccc1[C@@H](C)NCc1ccc(O)c(O)c1O. The Morgan fingerprint density at radius 1 is 1.00 bits per heavy atom. The predicted molar refractivity (Wildman–Crippen MR) is 77.9 cm³/mol. The smallest absolute Gasteiger partial charge is 0.200 e. The van der Waals surface area contributed by atoms with Gasteiger partial charge in [-0.1, -0.05) is 30.3 Å². The van der Waals surface area contributed by atoms with Crippen molar-refractivity contribution in [2.75, 3.05) is 0 Å². The third-order valence-corrected chi connectivity index (χ3v) is 3.47. The van der Waals surface area contributed by atoms with Gasteiger partial charge in [0.25, 0.3) is 0 Å². The number of nitrogens with one attached hydrogen (secondary N) is 1.